The van der Waals surface area contributed by atoms with Gasteiger partial charge in [-0.15, -0.1) is 0 Å². The van der Waals surface area contributed by atoms with Gasteiger partial charge in [0.25, 0.3) is 5.91 Å². The fraction of sp³-hybridized carbons (Fsp3) is 0.278. The summed E-state index contributed by atoms with van der Waals surface area (Å²) in [5.41, 5.74) is 2.28. The molecule has 0 spiro atoms. The van der Waals surface area contributed by atoms with Crippen LogP contribution in [0.5, 0.6) is 0 Å². The Bertz CT molecular complexity index is 830. The Kier molecular flexibility index (Phi) is 3.86. The van der Waals surface area contributed by atoms with Crippen LogP contribution >= 0.6 is 0 Å². The van der Waals surface area contributed by atoms with Crippen LogP contribution in [0.1, 0.15) is 42.2 Å². The molecular weight excluding hydrogens is 302 g/mol. The van der Waals surface area contributed by atoms with Crippen LogP contribution in [0.2, 0.25) is 0 Å². The Morgan fingerprint density at radius 1 is 1.17 bits per heavy atom. The molecule has 1 amide bonds. The Labute approximate surface area is 139 Å². The standard InChI is InChI=1S/C18H19N5O/c24-18(16-10-11-23(22-16)14-8-4-5-9-14)20-17-15(12-19-21-17)13-6-2-1-3-7-13/h1-3,6-7,10-12,14H,4-5,8-9H2,(H2,19,20,21,24). The third kappa shape index (κ3) is 2.82. The van der Waals surface area contributed by atoms with E-state index in [1.54, 1.807) is 12.3 Å². The number of aromatic nitrogens is 4. The van der Waals surface area contributed by atoms with Gasteiger partial charge in [0, 0.05) is 11.8 Å². The summed E-state index contributed by atoms with van der Waals surface area (Å²) in [6.07, 6.45) is 8.36. The lowest BCUT2D eigenvalue weighted by Crippen LogP contribution is -2.15. The van der Waals surface area contributed by atoms with Crippen LogP contribution in [-0.2, 0) is 0 Å². The smallest absolute Gasteiger partial charge is 0.277 e. The number of anilines is 1. The van der Waals surface area contributed by atoms with Gasteiger partial charge in [-0.2, -0.15) is 10.2 Å². The molecule has 4 rings (SSSR count). The summed E-state index contributed by atoms with van der Waals surface area (Å²) >= 11 is 0. The summed E-state index contributed by atoms with van der Waals surface area (Å²) in [6, 6.07) is 12.0. The van der Waals surface area contributed by atoms with Crippen LogP contribution < -0.4 is 5.32 Å². The zero-order valence-corrected chi connectivity index (χ0v) is 13.3. The first-order chi connectivity index (χ1) is 11.8. The van der Waals surface area contributed by atoms with Gasteiger partial charge < -0.3 is 5.32 Å². The van der Waals surface area contributed by atoms with E-state index < -0.39 is 0 Å². The molecule has 1 fully saturated rings. The highest BCUT2D eigenvalue weighted by molar-refractivity contribution is 6.04. The van der Waals surface area contributed by atoms with Crippen molar-refractivity contribution in [3.05, 3.63) is 54.5 Å². The van der Waals surface area contributed by atoms with Gasteiger partial charge >= 0.3 is 0 Å². The van der Waals surface area contributed by atoms with Crippen molar-refractivity contribution >= 4 is 11.7 Å². The summed E-state index contributed by atoms with van der Waals surface area (Å²) in [7, 11) is 0. The number of hydrogen-bond donors (Lipinski definition) is 2. The summed E-state index contributed by atoms with van der Waals surface area (Å²) in [4.78, 5) is 12.5. The Balaban J connectivity index is 1.52. The molecule has 0 atom stereocenters. The second-order valence-electron chi connectivity index (χ2n) is 6.10. The molecule has 122 valence electrons. The van der Waals surface area contributed by atoms with Crippen LogP contribution in [-0.4, -0.2) is 25.9 Å². The molecule has 0 radical (unpaired) electrons. The second-order valence-corrected chi connectivity index (χ2v) is 6.10. The minimum Gasteiger partial charge on any atom is -0.305 e. The van der Waals surface area contributed by atoms with Crippen molar-refractivity contribution in [1.82, 2.24) is 20.0 Å². The quantitative estimate of drug-likeness (QED) is 0.770. The lowest BCUT2D eigenvalue weighted by Gasteiger charge is -2.09. The molecule has 1 aromatic carbocycles. The number of carbonyl (C=O) groups excluding carboxylic acids is 1. The van der Waals surface area contributed by atoms with E-state index in [2.05, 4.69) is 20.6 Å². The number of H-pyrrole nitrogens is 1. The lowest BCUT2D eigenvalue weighted by atomic mass is 10.1. The highest BCUT2D eigenvalue weighted by Crippen LogP contribution is 2.29. The van der Waals surface area contributed by atoms with Crippen molar-refractivity contribution in [2.75, 3.05) is 5.32 Å². The number of amides is 1. The number of nitrogens with zero attached hydrogens (tertiary/aromatic N) is 3. The van der Waals surface area contributed by atoms with Gasteiger partial charge in [0.2, 0.25) is 0 Å². The number of hydrogen-bond acceptors (Lipinski definition) is 3. The van der Waals surface area contributed by atoms with E-state index in [0.29, 0.717) is 17.6 Å². The minimum atomic E-state index is -0.229. The van der Waals surface area contributed by atoms with Gasteiger partial charge in [-0.3, -0.25) is 14.6 Å². The van der Waals surface area contributed by atoms with Crippen molar-refractivity contribution < 1.29 is 4.79 Å². The fourth-order valence-electron chi connectivity index (χ4n) is 3.23. The molecule has 0 bridgehead atoms. The van der Waals surface area contributed by atoms with Crippen LogP contribution in [0.3, 0.4) is 0 Å². The molecule has 6 nitrogen and oxygen atoms in total. The topological polar surface area (TPSA) is 75.6 Å². The van der Waals surface area contributed by atoms with E-state index in [0.717, 1.165) is 24.0 Å². The average molecular weight is 321 g/mol. The zero-order chi connectivity index (χ0) is 16.4. The molecular formula is C18H19N5O. The summed E-state index contributed by atoms with van der Waals surface area (Å²) in [6.45, 7) is 0. The fourth-order valence-corrected chi connectivity index (χ4v) is 3.23. The van der Waals surface area contributed by atoms with Crippen LogP contribution in [0.25, 0.3) is 11.1 Å². The Hall–Kier alpha value is -2.89. The maximum absolute atomic E-state index is 12.5. The molecule has 1 aliphatic rings. The van der Waals surface area contributed by atoms with E-state index in [-0.39, 0.29) is 5.91 Å². The molecule has 0 unspecified atom stereocenters. The molecule has 0 saturated heterocycles. The van der Waals surface area contributed by atoms with Crippen LogP contribution in [0, 0.1) is 0 Å². The maximum atomic E-state index is 12.5. The second kappa shape index (κ2) is 6.31. The molecule has 3 aromatic rings. The van der Waals surface area contributed by atoms with Gasteiger partial charge in [-0.25, -0.2) is 0 Å². The summed E-state index contributed by atoms with van der Waals surface area (Å²) < 4.78 is 1.92. The number of nitrogens with one attached hydrogen (secondary N) is 2. The third-order valence-electron chi connectivity index (χ3n) is 4.50. The number of rotatable bonds is 4. The van der Waals surface area contributed by atoms with E-state index in [4.69, 9.17) is 0 Å². The van der Waals surface area contributed by atoms with E-state index in [1.165, 1.54) is 12.8 Å². The Morgan fingerprint density at radius 3 is 2.75 bits per heavy atom. The molecule has 6 heteroatoms. The largest absolute Gasteiger partial charge is 0.305 e. The molecule has 1 saturated carbocycles. The SMILES string of the molecule is O=C(Nc1[nH]ncc1-c1ccccc1)c1ccn(C2CCCC2)n1. The molecule has 1 aliphatic carbocycles. The lowest BCUT2D eigenvalue weighted by molar-refractivity contribution is 0.102. The molecule has 0 aliphatic heterocycles. The first-order valence-corrected chi connectivity index (χ1v) is 8.26. The number of benzene rings is 1. The van der Waals surface area contributed by atoms with Crippen molar-refractivity contribution in [2.45, 2.75) is 31.7 Å². The normalized spacial score (nSPS) is 14.8. The minimum absolute atomic E-state index is 0.229. The first-order valence-electron chi connectivity index (χ1n) is 8.26. The van der Waals surface area contributed by atoms with Crippen molar-refractivity contribution in [1.29, 1.82) is 0 Å². The first kappa shape index (κ1) is 14.7. The third-order valence-corrected chi connectivity index (χ3v) is 4.50. The van der Waals surface area contributed by atoms with Gasteiger partial charge in [-0.05, 0) is 24.5 Å². The van der Waals surface area contributed by atoms with E-state index in [9.17, 15) is 4.79 Å². The summed E-state index contributed by atoms with van der Waals surface area (Å²) in [5, 5.41) is 14.2. The molecule has 24 heavy (non-hydrogen) atoms. The molecule has 2 heterocycles. The van der Waals surface area contributed by atoms with Gasteiger partial charge in [0.15, 0.2) is 5.69 Å². The molecule has 2 aromatic heterocycles. The highest BCUT2D eigenvalue weighted by Gasteiger charge is 2.20. The van der Waals surface area contributed by atoms with E-state index in [1.807, 2.05) is 41.2 Å². The van der Waals surface area contributed by atoms with Crippen LogP contribution in [0.4, 0.5) is 5.82 Å². The van der Waals surface area contributed by atoms with Gasteiger partial charge in [0.05, 0.1) is 12.2 Å². The molecule has 2 N–H and O–H groups in total. The monoisotopic (exact) mass is 321 g/mol. The summed E-state index contributed by atoms with van der Waals surface area (Å²) in [5.74, 6) is 0.356. The predicted molar refractivity (Wildman–Crippen MR) is 91.7 cm³/mol. The highest BCUT2D eigenvalue weighted by atomic mass is 16.2. The number of carbonyl (C=O) groups is 1. The van der Waals surface area contributed by atoms with E-state index >= 15 is 0 Å². The van der Waals surface area contributed by atoms with Crippen molar-refractivity contribution in [3.63, 3.8) is 0 Å². The van der Waals surface area contributed by atoms with Gasteiger partial charge in [-0.1, -0.05) is 43.2 Å². The zero-order valence-electron chi connectivity index (χ0n) is 13.3. The van der Waals surface area contributed by atoms with Crippen molar-refractivity contribution in [3.8, 4) is 11.1 Å². The van der Waals surface area contributed by atoms with Crippen LogP contribution in [0.15, 0.2) is 48.8 Å². The predicted octanol–water partition coefficient (Wildman–Crippen LogP) is 3.64. The Morgan fingerprint density at radius 2 is 1.96 bits per heavy atom. The number of aromatic amines is 1. The van der Waals surface area contributed by atoms with Crippen molar-refractivity contribution in [2.24, 2.45) is 0 Å². The average Bonchev–Trinajstić information content (AvgIpc) is 3.36. The maximum Gasteiger partial charge on any atom is 0.277 e. The van der Waals surface area contributed by atoms with Gasteiger partial charge in [0.1, 0.15) is 5.82 Å².